The van der Waals surface area contributed by atoms with Crippen LogP contribution in [-0.4, -0.2) is 11.7 Å². The predicted molar refractivity (Wildman–Crippen MR) is 71.2 cm³/mol. The van der Waals surface area contributed by atoms with Gasteiger partial charge in [-0.1, -0.05) is 12.1 Å². The molecule has 0 spiro atoms. The van der Waals surface area contributed by atoms with Gasteiger partial charge >= 0.3 is 0 Å². The Labute approximate surface area is 110 Å². The quantitative estimate of drug-likeness (QED) is 0.909. The zero-order chi connectivity index (χ0) is 13.8. The van der Waals surface area contributed by atoms with Crippen LogP contribution in [0.2, 0.25) is 0 Å². The molecule has 0 heterocycles. The number of phenolic OH excluding ortho intramolecular Hbond substituents is 1. The van der Waals surface area contributed by atoms with Gasteiger partial charge in [-0.25, -0.2) is 8.78 Å². The van der Waals surface area contributed by atoms with E-state index >= 15 is 0 Å². The van der Waals surface area contributed by atoms with Crippen molar-refractivity contribution in [1.29, 1.82) is 0 Å². The third kappa shape index (κ3) is 3.22. The van der Waals surface area contributed by atoms with Crippen LogP contribution in [0.1, 0.15) is 12.5 Å². The van der Waals surface area contributed by atoms with Gasteiger partial charge in [0.2, 0.25) is 0 Å². The second kappa shape index (κ2) is 5.69. The van der Waals surface area contributed by atoms with Crippen molar-refractivity contribution in [3.63, 3.8) is 0 Å². The highest BCUT2D eigenvalue weighted by Crippen LogP contribution is 2.22. The normalized spacial score (nSPS) is 10.5. The minimum absolute atomic E-state index is 0.125. The average molecular weight is 263 g/mol. The molecule has 2 aromatic carbocycles. The number of para-hydroxylation sites is 1. The Morgan fingerprint density at radius 3 is 2.47 bits per heavy atom. The van der Waals surface area contributed by atoms with Gasteiger partial charge in [-0.15, -0.1) is 0 Å². The van der Waals surface area contributed by atoms with Crippen molar-refractivity contribution in [1.82, 2.24) is 0 Å². The minimum atomic E-state index is -0.500. The van der Waals surface area contributed by atoms with Crippen LogP contribution in [0.25, 0.3) is 0 Å². The summed E-state index contributed by atoms with van der Waals surface area (Å²) >= 11 is 0. The van der Waals surface area contributed by atoms with E-state index in [9.17, 15) is 13.9 Å². The Hall–Kier alpha value is -2.10. The molecular formula is C15H15F2NO. The van der Waals surface area contributed by atoms with Crippen molar-refractivity contribution in [3.8, 4) is 5.75 Å². The van der Waals surface area contributed by atoms with Crippen LogP contribution in [0.5, 0.6) is 5.75 Å². The lowest BCUT2D eigenvalue weighted by molar-refractivity contribution is 0.468. The summed E-state index contributed by atoms with van der Waals surface area (Å²) in [4.78, 5) is 1.78. The second-order valence-electron chi connectivity index (χ2n) is 4.28. The van der Waals surface area contributed by atoms with Crippen molar-refractivity contribution in [2.45, 2.75) is 13.5 Å². The smallest absolute Gasteiger partial charge is 0.146 e. The fraction of sp³-hybridized carbons (Fsp3) is 0.200. The van der Waals surface area contributed by atoms with Crippen molar-refractivity contribution < 1.29 is 13.9 Å². The summed E-state index contributed by atoms with van der Waals surface area (Å²) in [7, 11) is 0. The molecule has 0 atom stereocenters. The van der Waals surface area contributed by atoms with Gasteiger partial charge in [0.15, 0.2) is 0 Å². The highest BCUT2D eigenvalue weighted by molar-refractivity contribution is 5.48. The zero-order valence-corrected chi connectivity index (χ0v) is 10.6. The van der Waals surface area contributed by atoms with Crippen molar-refractivity contribution in [2.24, 2.45) is 0 Å². The molecule has 100 valence electrons. The summed E-state index contributed by atoms with van der Waals surface area (Å²) in [6.45, 7) is 2.81. The number of hydrogen-bond acceptors (Lipinski definition) is 2. The highest BCUT2D eigenvalue weighted by atomic mass is 19.1. The zero-order valence-electron chi connectivity index (χ0n) is 10.6. The summed E-state index contributed by atoms with van der Waals surface area (Å²) in [5.41, 5.74) is 1.07. The number of benzene rings is 2. The Morgan fingerprint density at radius 2 is 1.84 bits per heavy atom. The van der Waals surface area contributed by atoms with Gasteiger partial charge in [0, 0.05) is 19.2 Å². The molecule has 0 amide bonds. The second-order valence-corrected chi connectivity index (χ2v) is 4.28. The Balaban J connectivity index is 2.26. The molecule has 0 radical (unpaired) electrons. The fourth-order valence-electron chi connectivity index (χ4n) is 2.02. The van der Waals surface area contributed by atoms with E-state index in [1.165, 1.54) is 18.2 Å². The lowest BCUT2D eigenvalue weighted by Gasteiger charge is -2.23. The van der Waals surface area contributed by atoms with Gasteiger partial charge in [0.05, 0.1) is 5.69 Å². The standard InChI is InChI=1S/C15H15F2NO/c1-2-18(15-6-4-3-5-14(15)17)10-11-7-12(16)9-13(19)8-11/h3-9,19H,2,10H2,1H3. The number of nitrogens with zero attached hydrogens (tertiary/aromatic N) is 1. The Morgan fingerprint density at radius 1 is 1.11 bits per heavy atom. The van der Waals surface area contributed by atoms with Gasteiger partial charge in [0.25, 0.3) is 0 Å². The summed E-state index contributed by atoms with van der Waals surface area (Å²) in [6.07, 6.45) is 0. The van der Waals surface area contributed by atoms with Crippen LogP contribution in [0.3, 0.4) is 0 Å². The van der Waals surface area contributed by atoms with E-state index in [0.29, 0.717) is 24.3 Å². The maximum Gasteiger partial charge on any atom is 0.146 e. The van der Waals surface area contributed by atoms with Crippen LogP contribution >= 0.6 is 0 Å². The first-order chi connectivity index (χ1) is 9.10. The van der Waals surface area contributed by atoms with E-state index < -0.39 is 5.82 Å². The number of aromatic hydroxyl groups is 1. The van der Waals surface area contributed by atoms with Crippen molar-refractivity contribution >= 4 is 5.69 Å². The third-order valence-corrected chi connectivity index (χ3v) is 2.89. The monoisotopic (exact) mass is 263 g/mol. The molecule has 0 fully saturated rings. The molecule has 4 heteroatoms. The minimum Gasteiger partial charge on any atom is -0.508 e. The number of hydrogen-bond donors (Lipinski definition) is 1. The van der Waals surface area contributed by atoms with Crippen LogP contribution in [0, 0.1) is 11.6 Å². The molecule has 0 aliphatic heterocycles. The van der Waals surface area contributed by atoms with Crippen LogP contribution in [-0.2, 0) is 6.54 Å². The Kier molecular flexibility index (Phi) is 4.00. The van der Waals surface area contributed by atoms with Crippen molar-refractivity contribution in [3.05, 3.63) is 59.7 Å². The number of rotatable bonds is 4. The van der Waals surface area contributed by atoms with Crippen LogP contribution < -0.4 is 4.90 Å². The molecule has 2 rings (SSSR count). The molecule has 19 heavy (non-hydrogen) atoms. The molecule has 0 aliphatic carbocycles. The predicted octanol–water partition coefficient (Wildman–Crippen LogP) is 3.70. The molecule has 0 bridgehead atoms. The van der Waals surface area contributed by atoms with E-state index in [1.54, 1.807) is 23.1 Å². The number of phenols is 1. The van der Waals surface area contributed by atoms with E-state index in [-0.39, 0.29) is 11.6 Å². The summed E-state index contributed by atoms with van der Waals surface area (Å²) < 4.78 is 26.9. The molecule has 0 saturated carbocycles. The summed E-state index contributed by atoms with van der Waals surface area (Å²) in [5.74, 6) is -0.941. The lowest BCUT2D eigenvalue weighted by Crippen LogP contribution is -2.23. The maximum absolute atomic E-state index is 13.7. The van der Waals surface area contributed by atoms with E-state index in [0.717, 1.165) is 6.07 Å². The molecule has 0 saturated heterocycles. The molecule has 0 aromatic heterocycles. The van der Waals surface area contributed by atoms with Crippen molar-refractivity contribution in [2.75, 3.05) is 11.4 Å². The van der Waals surface area contributed by atoms with Crippen LogP contribution in [0.15, 0.2) is 42.5 Å². The highest BCUT2D eigenvalue weighted by Gasteiger charge is 2.11. The molecular weight excluding hydrogens is 248 g/mol. The lowest BCUT2D eigenvalue weighted by atomic mass is 10.1. The Bertz CT molecular complexity index is 552. The first kappa shape index (κ1) is 13.3. The van der Waals surface area contributed by atoms with E-state index in [4.69, 9.17) is 0 Å². The molecule has 0 aliphatic rings. The number of anilines is 1. The topological polar surface area (TPSA) is 23.5 Å². The van der Waals surface area contributed by atoms with E-state index in [2.05, 4.69) is 0 Å². The molecule has 1 N–H and O–H groups in total. The van der Waals surface area contributed by atoms with E-state index in [1.807, 2.05) is 6.92 Å². The van der Waals surface area contributed by atoms with Gasteiger partial charge < -0.3 is 10.0 Å². The SMILES string of the molecule is CCN(Cc1cc(O)cc(F)c1)c1ccccc1F. The molecule has 2 aromatic rings. The molecule has 0 unspecified atom stereocenters. The molecule has 2 nitrogen and oxygen atoms in total. The summed E-state index contributed by atoms with van der Waals surface area (Å²) in [6, 6.07) is 10.3. The average Bonchev–Trinajstić information content (AvgIpc) is 2.36. The first-order valence-corrected chi connectivity index (χ1v) is 6.08. The van der Waals surface area contributed by atoms with Crippen LogP contribution in [0.4, 0.5) is 14.5 Å². The largest absolute Gasteiger partial charge is 0.508 e. The van der Waals surface area contributed by atoms with Gasteiger partial charge in [0.1, 0.15) is 17.4 Å². The van der Waals surface area contributed by atoms with Gasteiger partial charge in [-0.3, -0.25) is 0 Å². The maximum atomic E-state index is 13.7. The third-order valence-electron chi connectivity index (χ3n) is 2.89. The van der Waals surface area contributed by atoms with Gasteiger partial charge in [-0.05, 0) is 36.8 Å². The summed E-state index contributed by atoms with van der Waals surface area (Å²) in [5, 5.41) is 9.37. The number of halogens is 2. The fourth-order valence-corrected chi connectivity index (χ4v) is 2.02. The van der Waals surface area contributed by atoms with Gasteiger partial charge in [-0.2, -0.15) is 0 Å². The first-order valence-electron chi connectivity index (χ1n) is 6.08.